The van der Waals surface area contributed by atoms with Gasteiger partial charge in [0.2, 0.25) is 0 Å². The van der Waals surface area contributed by atoms with E-state index >= 15 is 0 Å². The number of nitriles is 1. The first-order valence-corrected chi connectivity index (χ1v) is 10.6. The lowest BCUT2D eigenvalue weighted by Crippen LogP contribution is -2.38. The molecule has 1 heterocycles. The molecule has 1 atom stereocenters. The highest BCUT2D eigenvalue weighted by atomic mass is 16.5. The van der Waals surface area contributed by atoms with Gasteiger partial charge in [0.1, 0.15) is 11.5 Å². The largest absolute Gasteiger partial charge is 0.496 e. The molecule has 1 fully saturated rings. The number of benzene rings is 2. The average molecular weight is 423 g/mol. The molecule has 0 bridgehead atoms. The predicted octanol–water partition coefficient (Wildman–Crippen LogP) is 4.31. The van der Waals surface area contributed by atoms with E-state index in [0.29, 0.717) is 23.5 Å². The fourth-order valence-electron chi connectivity index (χ4n) is 3.84. The highest BCUT2D eigenvalue weighted by molar-refractivity contribution is 5.91. The summed E-state index contributed by atoms with van der Waals surface area (Å²) in [6, 6.07) is 14.7. The molecule has 0 saturated carbocycles. The number of nitrogens with one attached hydrogen (secondary N) is 2. The van der Waals surface area contributed by atoms with Gasteiger partial charge in [0.15, 0.2) is 0 Å². The number of methoxy groups -OCH3 is 1. The van der Waals surface area contributed by atoms with E-state index in [2.05, 4.69) is 21.6 Å². The minimum absolute atomic E-state index is 0.0150. The van der Waals surface area contributed by atoms with E-state index in [1.54, 1.807) is 25.3 Å². The van der Waals surface area contributed by atoms with Crippen LogP contribution in [0.1, 0.15) is 43.9 Å². The van der Waals surface area contributed by atoms with E-state index in [1.165, 1.54) is 0 Å². The second kappa shape index (κ2) is 10.7. The summed E-state index contributed by atoms with van der Waals surface area (Å²) >= 11 is 0. The Morgan fingerprint density at radius 1 is 1.16 bits per heavy atom. The van der Waals surface area contributed by atoms with Gasteiger partial charge in [-0.25, -0.2) is 4.79 Å². The van der Waals surface area contributed by atoms with E-state index < -0.39 is 0 Å². The van der Waals surface area contributed by atoms with Crippen molar-refractivity contribution < 1.29 is 14.3 Å². The average Bonchev–Trinajstić information content (AvgIpc) is 3.29. The third kappa shape index (κ3) is 5.89. The SMILES string of the molecule is COc1ccccc1C(CNC(=O)Nc1cc(C#N)ccc1OC(C)C)N1CCCC1. The van der Waals surface area contributed by atoms with Crippen molar-refractivity contribution in [2.24, 2.45) is 0 Å². The fourth-order valence-corrected chi connectivity index (χ4v) is 3.84. The number of rotatable bonds is 8. The number of anilines is 1. The van der Waals surface area contributed by atoms with Gasteiger partial charge in [0, 0.05) is 12.1 Å². The summed E-state index contributed by atoms with van der Waals surface area (Å²) in [5.74, 6) is 1.35. The standard InChI is InChI=1S/C24H30N4O3/c1-17(2)31-23-11-10-18(15-25)14-20(23)27-24(29)26-16-21(28-12-6-7-13-28)19-8-4-5-9-22(19)30-3/h4-5,8-11,14,17,21H,6-7,12-13,16H2,1-3H3,(H2,26,27,29). The van der Waals surface area contributed by atoms with Crippen LogP contribution in [0.25, 0.3) is 0 Å². The number of nitrogens with zero attached hydrogens (tertiary/aromatic N) is 2. The maximum Gasteiger partial charge on any atom is 0.319 e. The summed E-state index contributed by atoms with van der Waals surface area (Å²) in [5, 5.41) is 15.0. The first kappa shape index (κ1) is 22.4. The Bertz CT molecular complexity index is 933. The summed E-state index contributed by atoms with van der Waals surface area (Å²) < 4.78 is 11.3. The van der Waals surface area contributed by atoms with Crippen LogP contribution in [0.4, 0.5) is 10.5 Å². The molecule has 2 aromatic rings. The Labute approximate surface area is 184 Å². The molecule has 0 aromatic heterocycles. The molecular formula is C24H30N4O3. The molecule has 3 rings (SSSR count). The van der Waals surface area contributed by atoms with Crippen LogP contribution in [0.15, 0.2) is 42.5 Å². The van der Waals surface area contributed by atoms with Crippen LogP contribution in [-0.2, 0) is 0 Å². The summed E-state index contributed by atoms with van der Waals surface area (Å²) in [4.78, 5) is 15.1. The number of hydrogen-bond acceptors (Lipinski definition) is 5. The summed E-state index contributed by atoms with van der Waals surface area (Å²) in [6.07, 6.45) is 2.24. The van der Waals surface area contributed by atoms with Crippen molar-refractivity contribution in [1.82, 2.24) is 10.2 Å². The first-order valence-electron chi connectivity index (χ1n) is 10.6. The Hall–Kier alpha value is -3.24. The van der Waals surface area contributed by atoms with Gasteiger partial charge >= 0.3 is 6.03 Å². The lowest BCUT2D eigenvalue weighted by molar-refractivity contribution is 0.223. The van der Waals surface area contributed by atoms with Crippen LogP contribution in [0.2, 0.25) is 0 Å². The number of hydrogen-bond donors (Lipinski definition) is 2. The monoisotopic (exact) mass is 422 g/mol. The Balaban J connectivity index is 1.74. The van der Waals surface area contributed by atoms with Crippen LogP contribution in [-0.4, -0.2) is 43.8 Å². The van der Waals surface area contributed by atoms with Crippen LogP contribution < -0.4 is 20.1 Å². The fraction of sp³-hybridized carbons (Fsp3) is 0.417. The van der Waals surface area contributed by atoms with Gasteiger partial charge in [-0.05, 0) is 64.0 Å². The third-order valence-corrected chi connectivity index (χ3v) is 5.25. The Kier molecular flexibility index (Phi) is 7.74. The Morgan fingerprint density at radius 2 is 1.90 bits per heavy atom. The molecule has 1 aliphatic rings. The van der Waals surface area contributed by atoms with E-state index in [9.17, 15) is 10.1 Å². The predicted molar refractivity (Wildman–Crippen MR) is 120 cm³/mol. The van der Waals surface area contributed by atoms with Gasteiger partial charge in [0.25, 0.3) is 0 Å². The lowest BCUT2D eigenvalue weighted by atomic mass is 10.0. The zero-order chi connectivity index (χ0) is 22.2. The molecule has 1 aliphatic heterocycles. The molecule has 0 radical (unpaired) electrons. The number of amides is 2. The minimum Gasteiger partial charge on any atom is -0.496 e. The zero-order valence-electron chi connectivity index (χ0n) is 18.4. The molecule has 7 heteroatoms. The maximum absolute atomic E-state index is 12.7. The molecule has 1 unspecified atom stereocenters. The van der Waals surface area contributed by atoms with Gasteiger partial charge < -0.3 is 20.1 Å². The van der Waals surface area contributed by atoms with Crippen LogP contribution in [0, 0.1) is 11.3 Å². The second-order valence-electron chi connectivity index (χ2n) is 7.83. The van der Waals surface area contributed by atoms with Crippen molar-refractivity contribution in [2.75, 3.05) is 32.1 Å². The van der Waals surface area contributed by atoms with Crippen molar-refractivity contribution in [2.45, 2.75) is 38.8 Å². The maximum atomic E-state index is 12.7. The van der Waals surface area contributed by atoms with Crippen molar-refractivity contribution in [1.29, 1.82) is 5.26 Å². The molecule has 2 N–H and O–H groups in total. The van der Waals surface area contributed by atoms with Gasteiger partial charge in [-0.1, -0.05) is 18.2 Å². The number of carbonyl (C=O) groups is 1. The molecule has 0 aliphatic carbocycles. The van der Waals surface area contributed by atoms with Crippen molar-refractivity contribution in [3.63, 3.8) is 0 Å². The smallest absolute Gasteiger partial charge is 0.319 e. The van der Waals surface area contributed by atoms with Crippen molar-refractivity contribution in [3.05, 3.63) is 53.6 Å². The minimum atomic E-state index is -0.345. The first-order chi connectivity index (χ1) is 15.0. The summed E-state index contributed by atoms with van der Waals surface area (Å²) in [5.41, 5.74) is 1.98. The third-order valence-electron chi connectivity index (χ3n) is 5.25. The van der Waals surface area contributed by atoms with E-state index in [1.807, 2.05) is 38.1 Å². The van der Waals surface area contributed by atoms with Gasteiger partial charge in [-0.3, -0.25) is 4.90 Å². The number of ether oxygens (including phenoxy) is 2. The zero-order valence-corrected chi connectivity index (χ0v) is 18.4. The molecule has 1 saturated heterocycles. The number of likely N-dealkylation sites (tertiary alicyclic amines) is 1. The van der Waals surface area contributed by atoms with Gasteiger partial charge in [0.05, 0.1) is 36.6 Å². The summed E-state index contributed by atoms with van der Waals surface area (Å²) in [6.45, 7) is 6.24. The quantitative estimate of drug-likeness (QED) is 0.662. The van der Waals surface area contributed by atoms with Crippen molar-refractivity contribution >= 4 is 11.7 Å². The van der Waals surface area contributed by atoms with Crippen LogP contribution in [0.3, 0.4) is 0 Å². The molecule has 2 amide bonds. The van der Waals surface area contributed by atoms with Crippen LogP contribution in [0.5, 0.6) is 11.5 Å². The van der Waals surface area contributed by atoms with E-state index in [4.69, 9.17) is 9.47 Å². The molecule has 7 nitrogen and oxygen atoms in total. The van der Waals surface area contributed by atoms with Crippen molar-refractivity contribution in [3.8, 4) is 17.6 Å². The number of para-hydroxylation sites is 1. The topological polar surface area (TPSA) is 86.6 Å². The van der Waals surface area contributed by atoms with Crippen LogP contribution >= 0.6 is 0 Å². The highest BCUT2D eigenvalue weighted by Gasteiger charge is 2.26. The molecule has 31 heavy (non-hydrogen) atoms. The van der Waals surface area contributed by atoms with Gasteiger partial charge in [-0.15, -0.1) is 0 Å². The normalized spacial score (nSPS) is 14.7. The second-order valence-corrected chi connectivity index (χ2v) is 7.83. The highest BCUT2D eigenvalue weighted by Crippen LogP contribution is 2.31. The molecule has 164 valence electrons. The van der Waals surface area contributed by atoms with E-state index in [-0.39, 0.29) is 18.2 Å². The van der Waals surface area contributed by atoms with E-state index in [0.717, 1.165) is 37.2 Å². The summed E-state index contributed by atoms with van der Waals surface area (Å²) in [7, 11) is 1.67. The van der Waals surface area contributed by atoms with Gasteiger partial charge in [-0.2, -0.15) is 5.26 Å². The molecule has 2 aromatic carbocycles. The Morgan fingerprint density at radius 3 is 2.58 bits per heavy atom. The number of urea groups is 1. The number of carbonyl (C=O) groups excluding carboxylic acids is 1. The molecular weight excluding hydrogens is 392 g/mol. The molecule has 0 spiro atoms. The lowest BCUT2D eigenvalue weighted by Gasteiger charge is -2.29.